The molecule has 0 aromatic heterocycles. The highest BCUT2D eigenvalue weighted by molar-refractivity contribution is 6.13. The molecule has 2 aromatic rings. The van der Waals surface area contributed by atoms with Crippen LogP contribution in [0.25, 0.3) is 11.1 Å². The zero-order valence-corrected chi connectivity index (χ0v) is 14.2. The fourth-order valence-electron chi connectivity index (χ4n) is 2.24. The zero-order chi connectivity index (χ0) is 18.4. The van der Waals surface area contributed by atoms with Gasteiger partial charge in [-0.2, -0.15) is 0 Å². The molecule has 3 nitrogen and oxygen atoms in total. The molecule has 0 heterocycles. The summed E-state index contributed by atoms with van der Waals surface area (Å²) >= 11 is 5.03. The van der Waals surface area contributed by atoms with Crippen LogP contribution in [-0.4, -0.2) is 25.0 Å². The molecule has 0 radical (unpaired) electrons. The molecule has 0 aliphatic rings. The monoisotopic (exact) mass is 371 g/mol. The van der Waals surface area contributed by atoms with Crippen LogP contribution in [0.15, 0.2) is 48.5 Å². The predicted octanol–water partition coefficient (Wildman–Crippen LogP) is 4.52. The van der Waals surface area contributed by atoms with E-state index in [-0.39, 0.29) is 0 Å². The van der Waals surface area contributed by atoms with Crippen LogP contribution in [0.4, 0.5) is 13.2 Å². The molecular weight excluding hydrogens is 355 g/mol. The predicted molar refractivity (Wildman–Crippen MR) is 90.0 cm³/mol. The maximum Gasteiger partial charge on any atom is 0.313 e. The number of carbonyl (C=O) groups excluding carboxylic acids is 1. The van der Waals surface area contributed by atoms with Gasteiger partial charge in [-0.1, -0.05) is 42.5 Å². The van der Waals surface area contributed by atoms with Crippen LogP contribution in [0.1, 0.15) is 18.4 Å². The molecule has 0 spiro atoms. The van der Waals surface area contributed by atoms with Gasteiger partial charge in [0.25, 0.3) is 5.92 Å². The van der Waals surface area contributed by atoms with E-state index in [0.29, 0.717) is 16.7 Å². The zero-order valence-electron chi connectivity index (χ0n) is 13.4. The number of rotatable bonds is 7. The third kappa shape index (κ3) is 5.21. The highest BCUT2D eigenvalue weighted by Gasteiger charge is 2.31. The maximum atomic E-state index is 14.3. The normalized spacial score (nSPS) is 12.7. The first-order chi connectivity index (χ1) is 11.8. The van der Waals surface area contributed by atoms with Gasteiger partial charge in [0.15, 0.2) is 6.61 Å². The second-order valence-electron chi connectivity index (χ2n) is 5.60. The quantitative estimate of drug-likeness (QED) is 0.574. The molecule has 1 N–H and O–H groups in total. The fraction of sp³-hybridized carbons (Fsp3) is 0.278. The minimum atomic E-state index is -3.28. The molecule has 7 heteroatoms. The highest BCUT2D eigenvalue weighted by Crippen LogP contribution is 2.27. The lowest BCUT2D eigenvalue weighted by atomic mass is 9.97. The average molecular weight is 372 g/mol. The SMILES string of the molecule is CC(C(=O)OCC(F)(F)CNCl)c1ccc(-c2ccccc2)c(F)c1. The summed E-state index contributed by atoms with van der Waals surface area (Å²) in [7, 11) is 0. The van der Waals surface area contributed by atoms with Gasteiger partial charge in [-0.15, -0.1) is 0 Å². The van der Waals surface area contributed by atoms with Gasteiger partial charge in [-0.3, -0.25) is 4.79 Å². The van der Waals surface area contributed by atoms with Crippen LogP contribution < -0.4 is 4.84 Å². The molecule has 0 amide bonds. The number of esters is 1. The molecule has 0 saturated heterocycles. The van der Waals surface area contributed by atoms with E-state index in [9.17, 15) is 18.0 Å². The van der Waals surface area contributed by atoms with E-state index >= 15 is 0 Å². The largest absolute Gasteiger partial charge is 0.459 e. The van der Waals surface area contributed by atoms with Crippen LogP contribution in [0.3, 0.4) is 0 Å². The molecule has 0 fully saturated rings. The van der Waals surface area contributed by atoms with Crippen molar-refractivity contribution in [2.45, 2.75) is 18.8 Å². The molecule has 1 unspecified atom stereocenters. The molecule has 2 rings (SSSR count). The van der Waals surface area contributed by atoms with Gasteiger partial charge in [0, 0.05) is 5.56 Å². The van der Waals surface area contributed by atoms with Crippen molar-refractivity contribution >= 4 is 17.7 Å². The molecule has 1 atom stereocenters. The van der Waals surface area contributed by atoms with Crippen molar-refractivity contribution in [1.82, 2.24) is 4.84 Å². The number of nitrogens with one attached hydrogen (secondary N) is 1. The van der Waals surface area contributed by atoms with E-state index in [1.165, 1.54) is 13.0 Å². The van der Waals surface area contributed by atoms with Crippen LogP contribution in [0.5, 0.6) is 0 Å². The van der Waals surface area contributed by atoms with Crippen LogP contribution >= 0.6 is 11.8 Å². The lowest BCUT2D eigenvalue weighted by molar-refractivity contribution is -0.155. The number of carbonyl (C=O) groups is 1. The van der Waals surface area contributed by atoms with Crippen LogP contribution in [0.2, 0.25) is 0 Å². The number of benzene rings is 2. The first kappa shape index (κ1) is 19.3. The van der Waals surface area contributed by atoms with Gasteiger partial charge < -0.3 is 4.74 Å². The van der Waals surface area contributed by atoms with Crippen molar-refractivity contribution in [3.8, 4) is 11.1 Å². The summed E-state index contributed by atoms with van der Waals surface area (Å²) in [5.41, 5.74) is 1.44. The lowest BCUT2D eigenvalue weighted by Gasteiger charge is -2.17. The number of halogens is 4. The van der Waals surface area contributed by atoms with Gasteiger partial charge in [0.2, 0.25) is 0 Å². The van der Waals surface area contributed by atoms with Crippen molar-refractivity contribution < 1.29 is 22.7 Å². The van der Waals surface area contributed by atoms with Crippen LogP contribution in [-0.2, 0) is 9.53 Å². The molecule has 2 aromatic carbocycles. The van der Waals surface area contributed by atoms with Crippen molar-refractivity contribution in [3.63, 3.8) is 0 Å². The van der Waals surface area contributed by atoms with E-state index in [1.54, 1.807) is 41.2 Å². The van der Waals surface area contributed by atoms with Crippen molar-refractivity contribution in [1.29, 1.82) is 0 Å². The van der Waals surface area contributed by atoms with Gasteiger partial charge in [0.1, 0.15) is 5.82 Å². The number of hydrogen-bond acceptors (Lipinski definition) is 3. The second kappa shape index (κ2) is 8.36. The molecule has 0 bridgehead atoms. The molecule has 0 aliphatic heterocycles. The topological polar surface area (TPSA) is 38.3 Å². The molecule has 0 saturated carbocycles. The summed E-state index contributed by atoms with van der Waals surface area (Å²) in [6.07, 6.45) is 0. The van der Waals surface area contributed by atoms with Gasteiger partial charge in [-0.25, -0.2) is 18.0 Å². The molecule has 0 aliphatic carbocycles. The molecule has 134 valence electrons. The fourth-order valence-corrected chi connectivity index (χ4v) is 2.43. The van der Waals surface area contributed by atoms with E-state index < -0.39 is 36.8 Å². The minimum absolute atomic E-state index is 0.348. The van der Waals surface area contributed by atoms with E-state index in [2.05, 4.69) is 4.74 Å². The first-order valence-corrected chi connectivity index (χ1v) is 7.94. The Bertz CT molecular complexity index is 726. The number of ether oxygens (including phenoxy) is 1. The Morgan fingerprint density at radius 3 is 2.52 bits per heavy atom. The Hall–Kier alpha value is -2.05. The van der Waals surface area contributed by atoms with Crippen molar-refractivity contribution in [3.05, 3.63) is 59.9 Å². The van der Waals surface area contributed by atoms with Crippen molar-refractivity contribution in [2.24, 2.45) is 0 Å². The maximum absolute atomic E-state index is 14.3. The van der Waals surface area contributed by atoms with Gasteiger partial charge in [-0.05, 0) is 35.9 Å². The lowest BCUT2D eigenvalue weighted by Crippen LogP contribution is -2.34. The third-order valence-electron chi connectivity index (χ3n) is 3.68. The summed E-state index contributed by atoms with van der Waals surface area (Å²) in [5.74, 6) is -5.51. The summed E-state index contributed by atoms with van der Waals surface area (Å²) in [6, 6.07) is 13.3. The second-order valence-corrected chi connectivity index (χ2v) is 5.87. The first-order valence-electron chi connectivity index (χ1n) is 7.57. The van der Waals surface area contributed by atoms with Gasteiger partial charge >= 0.3 is 5.97 Å². The Kier molecular flexibility index (Phi) is 6.45. The Balaban J connectivity index is 2.08. The van der Waals surface area contributed by atoms with Crippen LogP contribution in [0, 0.1) is 5.82 Å². The third-order valence-corrected chi connectivity index (χ3v) is 3.82. The Morgan fingerprint density at radius 2 is 1.92 bits per heavy atom. The Labute approximate surface area is 148 Å². The summed E-state index contributed by atoms with van der Waals surface area (Å²) in [5, 5.41) is 0. The summed E-state index contributed by atoms with van der Waals surface area (Å²) in [4.78, 5) is 13.7. The standard InChI is InChI=1S/C18H17ClF3NO2/c1-12(17(24)25-11-18(21,22)10-23-19)14-7-8-15(16(20)9-14)13-5-3-2-4-6-13/h2-9,12,23H,10-11H2,1H3. The smallest absolute Gasteiger partial charge is 0.313 e. The molecule has 25 heavy (non-hydrogen) atoms. The van der Waals surface area contributed by atoms with E-state index in [0.717, 1.165) is 0 Å². The minimum Gasteiger partial charge on any atom is -0.459 e. The van der Waals surface area contributed by atoms with E-state index in [1.807, 2.05) is 6.07 Å². The highest BCUT2D eigenvalue weighted by atomic mass is 35.5. The number of alkyl halides is 2. The summed E-state index contributed by atoms with van der Waals surface area (Å²) < 4.78 is 45.5. The summed E-state index contributed by atoms with van der Waals surface area (Å²) in [6.45, 7) is -0.450. The van der Waals surface area contributed by atoms with Gasteiger partial charge in [0.05, 0.1) is 12.5 Å². The number of hydrogen-bond donors (Lipinski definition) is 1. The van der Waals surface area contributed by atoms with Crippen molar-refractivity contribution in [2.75, 3.05) is 13.2 Å². The van der Waals surface area contributed by atoms with E-state index in [4.69, 9.17) is 11.8 Å². The molecular formula is C18H17ClF3NO2. The Morgan fingerprint density at radius 1 is 1.24 bits per heavy atom. The average Bonchev–Trinajstić information content (AvgIpc) is 2.59.